The van der Waals surface area contributed by atoms with E-state index < -0.39 is 6.61 Å². The fraction of sp³-hybridized carbons (Fsp3) is 0.190. The normalized spacial score (nSPS) is 10.7. The molecule has 0 saturated heterocycles. The Balaban J connectivity index is 1.69. The van der Waals surface area contributed by atoms with Crippen LogP contribution >= 0.6 is 11.8 Å². The largest absolute Gasteiger partial charge is 0.497 e. The number of aromatic nitrogens is 3. The Morgan fingerprint density at radius 3 is 2.68 bits per heavy atom. The van der Waals surface area contributed by atoms with Crippen LogP contribution in [0.3, 0.4) is 0 Å². The lowest BCUT2D eigenvalue weighted by atomic mass is 10.2. The number of carbonyl (C=O) groups is 1. The van der Waals surface area contributed by atoms with Crippen LogP contribution in [-0.4, -0.2) is 40.1 Å². The number of hydrogen-bond acceptors (Lipinski definition) is 6. The molecule has 1 amide bonds. The second-order valence-electron chi connectivity index (χ2n) is 6.18. The van der Waals surface area contributed by atoms with Crippen LogP contribution in [0.1, 0.15) is 0 Å². The van der Waals surface area contributed by atoms with E-state index in [4.69, 9.17) is 4.74 Å². The first-order valence-corrected chi connectivity index (χ1v) is 10.1. The number of nitrogens with zero attached hydrogens (tertiary/aromatic N) is 3. The number of methoxy groups -OCH3 is 1. The highest BCUT2D eigenvalue weighted by Crippen LogP contribution is 2.26. The lowest BCUT2D eigenvalue weighted by Crippen LogP contribution is -2.14. The summed E-state index contributed by atoms with van der Waals surface area (Å²) in [6.45, 7) is 1.27. The third-order valence-corrected chi connectivity index (χ3v) is 5.02. The van der Waals surface area contributed by atoms with Crippen LogP contribution in [0.5, 0.6) is 11.5 Å². The average molecular weight is 446 g/mol. The highest BCUT2D eigenvalue weighted by atomic mass is 32.2. The average Bonchev–Trinajstić information content (AvgIpc) is 3.15. The predicted molar refractivity (Wildman–Crippen MR) is 115 cm³/mol. The highest BCUT2D eigenvalue weighted by Gasteiger charge is 2.16. The van der Waals surface area contributed by atoms with E-state index in [1.165, 1.54) is 23.9 Å². The molecule has 0 atom stereocenters. The molecule has 0 spiro atoms. The van der Waals surface area contributed by atoms with Crippen molar-refractivity contribution in [3.05, 3.63) is 61.2 Å². The van der Waals surface area contributed by atoms with E-state index in [-0.39, 0.29) is 17.4 Å². The van der Waals surface area contributed by atoms with Crippen molar-refractivity contribution in [1.29, 1.82) is 0 Å². The molecule has 1 N–H and O–H groups in total. The number of carbonyl (C=O) groups excluding carboxylic acids is 1. The number of halogens is 2. The highest BCUT2D eigenvalue weighted by molar-refractivity contribution is 7.99. The van der Waals surface area contributed by atoms with Gasteiger partial charge in [0.25, 0.3) is 0 Å². The minimum atomic E-state index is -2.89. The zero-order valence-electron chi connectivity index (χ0n) is 16.6. The molecular formula is C21H20F2N4O3S. The van der Waals surface area contributed by atoms with Gasteiger partial charge in [0.15, 0.2) is 11.0 Å². The van der Waals surface area contributed by atoms with Crippen molar-refractivity contribution in [2.75, 3.05) is 18.2 Å². The van der Waals surface area contributed by atoms with Crippen LogP contribution in [0.15, 0.2) is 66.3 Å². The Morgan fingerprint density at radius 1 is 1.23 bits per heavy atom. The molecule has 7 nitrogen and oxygen atoms in total. The van der Waals surface area contributed by atoms with Gasteiger partial charge in [0.2, 0.25) is 5.91 Å². The monoisotopic (exact) mass is 446 g/mol. The summed E-state index contributed by atoms with van der Waals surface area (Å²) in [7, 11) is 1.56. The van der Waals surface area contributed by atoms with Gasteiger partial charge >= 0.3 is 6.61 Å². The van der Waals surface area contributed by atoms with Gasteiger partial charge in [-0.2, -0.15) is 8.78 Å². The number of benzene rings is 2. The van der Waals surface area contributed by atoms with Crippen LogP contribution in [0.4, 0.5) is 14.5 Å². The summed E-state index contributed by atoms with van der Waals surface area (Å²) in [5, 5.41) is 11.7. The predicted octanol–water partition coefficient (Wildman–Crippen LogP) is 4.47. The maximum Gasteiger partial charge on any atom is 0.387 e. The van der Waals surface area contributed by atoms with E-state index in [2.05, 4.69) is 26.8 Å². The van der Waals surface area contributed by atoms with Gasteiger partial charge in [0.1, 0.15) is 11.5 Å². The summed E-state index contributed by atoms with van der Waals surface area (Å²) in [5.41, 5.74) is 1.30. The Labute approximate surface area is 182 Å². The molecule has 10 heteroatoms. The van der Waals surface area contributed by atoms with Crippen molar-refractivity contribution in [3.8, 4) is 22.9 Å². The third kappa shape index (κ3) is 6.05. The molecule has 0 aliphatic carbocycles. The molecule has 31 heavy (non-hydrogen) atoms. The number of anilines is 1. The van der Waals surface area contributed by atoms with Crippen molar-refractivity contribution in [2.24, 2.45) is 0 Å². The van der Waals surface area contributed by atoms with Crippen LogP contribution in [-0.2, 0) is 11.3 Å². The molecule has 2 aromatic carbocycles. The summed E-state index contributed by atoms with van der Waals surface area (Å²) >= 11 is 1.23. The molecule has 3 rings (SSSR count). The number of allylic oxidation sites excluding steroid dienone is 1. The first-order chi connectivity index (χ1) is 15.0. The second kappa shape index (κ2) is 10.6. The first kappa shape index (κ1) is 22.3. The van der Waals surface area contributed by atoms with Gasteiger partial charge < -0.3 is 14.8 Å². The Kier molecular flexibility index (Phi) is 7.60. The van der Waals surface area contributed by atoms with Crippen molar-refractivity contribution in [2.45, 2.75) is 18.3 Å². The lowest BCUT2D eigenvalue weighted by Gasteiger charge is -2.09. The number of nitrogens with one attached hydrogen (secondary N) is 1. The van der Waals surface area contributed by atoms with E-state index in [0.29, 0.717) is 34.5 Å². The molecule has 1 heterocycles. The molecule has 0 bridgehead atoms. The smallest absolute Gasteiger partial charge is 0.387 e. The van der Waals surface area contributed by atoms with Crippen molar-refractivity contribution < 1.29 is 23.0 Å². The lowest BCUT2D eigenvalue weighted by molar-refractivity contribution is -0.113. The van der Waals surface area contributed by atoms with Gasteiger partial charge in [0, 0.05) is 23.9 Å². The van der Waals surface area contributed by atoms with Crippen molar-refractivity contribution in [3.63, 3.8) is 0 Å². The fourth-order valence-corrected chi connectivity index (χ4v) is 3.46. The Bertz CT molecular complexity index is 1040. The molecule has 0 saturated carbocycles. The quantitative estimate of drug-likeness (QED) is 0.366. The van der Waals surface area contributed by atoms with Crippen LogP contribution in [0.25, 0.3) is 11.4 Å². The number of hydrogen-bond donors (Lipinski definition) is 1. The summed E-state index contributed by atoms with van der Waals surface area (Å²) < 4.78 is 36.0. The second-order valence-corrected chi connectivity index (χ2v) is 7.12. The van der Waals surface area contributed by atoms with Gasteiger partial charge in [-0.1, -0.05) is 23.9 Å². The number of rotatable bonds is 10. The topological polar surface area (TPSA) is 78.3 Å². The maximum atomic E-state index is 12.3. The molecular weight excluding hydrogens is 426 g/mol. The maximum absolute atomic E-state index is 12.3. The van der Waals surface area contributed by atoms with E-state index in [9.17, 15) is 13.6 Å². The summed E-state index contributed by atoms with van der Waals surface area (Å²) in [6, 6.07) is 13.2. The molecule has 0 unspecified atom stereocenters. The zero-order chi connectivity index (χ0) is 22.2. The van der Waals surface area contributed by atoms with Gasteiger partial charge in [-0.25, -0.2) is 0 Å². The molecule has 0 aliphatic rings. The molecule has 0 fully saturated rings. The third-order valence-electron chi connectivity index (χ3n) is 4.05. The minimum Gasteiger partial charge on any atom is -0.497 e. The van der Waals surface area contributed by atoms with E-state index >= 15 is 0 Å². The number of amides is 1. The Hall–Kier alpha value is -3.40. The van der Waals surface area contributed by atoms with E-state index in [1.54, 1.807) is 54.2 Å². The first-order valence-electron chi connectivity index (χ1n) is 9.16. The van der Waals surface area contributed by atoms with Crippen molar-refractivity contribution >= 4 is 23.4 Å². The fourth-order valence-electron chi connectivity index (χ4n) is 2.72. The Morgan fingerprint density at radius 2 is 2.00 bits per heavy atom. The van der Waals surface area contributed by atoms with Gasteiger partial charge in [-0.15, -0.1) is 16.8 Å². The molecule has 0 aliphatic heterocycles. The van der Waals surface area contributed by atoms with Crippen LogP contribution in [0, 0.1) is 0 Å². The van der Waals surface area contributed by atoms with E-state index in [1.807, 2.05) is 0 Å². The van der Waals surface area contributed by atoms with Crippen LogP contribution in [0.2, 0.25) is 0 Å². The minimum absolute atomic E-state index is 0.0531. The number of ether oxygens (including phenoxy) is 2. The molecule has 162 valence electrons. The van der Waals surface area contributed by atoms with Crippen molar-refractivity contribution in [1.82, 2.24) is 14.8 Å². The van der Waals surface area contributed by atoms with Crippen LogP contribution < -0.4 is 14.8 Å². The van der Waals surface area contributed by atoms with E-state index in [0.717, 1.165) is 0 Å². The standard InChI is InChI=1S/C21H20F2N4O3S/c1-3-11-27-19(14-7-9-16(10-8-14)30-20(22)23)25-26-21(27)31-13-18(28)24-15-5-4-6-17(12-15)29-2/h3-10,12,20H,1,11,13H2,2H3,(H,24,28). The van der Waals surface area contributed by atoms with Gasteiger partial charge in [-0.05, 0) is 36.4 Å². The SMILES string of the molecule is C=CCn1c(SCC(=O)Nc2cccc(OC)c2)nnc1-c1ccc(OC(F)F)cc1. The summed E-state index contributed by atoms with van der Waals surface area (Å²) in [4.78, 5) is 12.3. The summed E-state index contributed by atoms with van der Waals surface area (Å²) in [6.07, 6.45) is 1.68. The number of thioether (sulfide) groups is 1. The van der Waals surface area contributed by atoms with Gasteiger partial charge in [0.05, 0.1) is 12.9 Å². The molecule has 3 aromatic rings. The zero-order valence-corrected chi connectivity index (χ0v) is 17.4. The number of alkyl halides is 2. The summed E-state index contributed by atoms with van der Waals surface area (Å²) in [5.74, 6) is 1.14. The van der Waals surface area contributed by atoms with Gasteiger partial charge in [-0.3, -0.25) is 9.36 Å². The molecule has 0 radical (unpaired) electrons. The molecule has 1 aromatic heterocycles.